The van der Waals surface area contributed by atoms with Crippen molar-refractivity contribution in [1.29, 1.82) is 0 Å². The number of esters is 1. The molecule has 2 N–H and O–H groups in total. The molecule has 1 atom stereocenters. The van der Waals surface area contributed by atoms with E-state index in [1.807, 2.05) is 0 Å². The standard InChI is InChI=1S/C19H26F2N2O6/c1-12(16(25)23-13-8-5-6-9-14(13)28-17(20)21)27-15(24)10-7-11-22-18(26)29-19(2,3)4/h5-6,8-9,12,17H,7,10-11H2,1-4H3,(H,22,26)(H,23,25)/t12-/m1/s1. The summed E-state index contributed by atoms with van der Waals surface area (Å²) in [7, 11) is 0. The molecular formula is C19H26F2N2O6. The summed E-state index contributed by atoms with van der Waals surface area (Å²) >= 11 is 0. The lowest BCUT2D eigenvalue weighted by atomic mass is 10.2. The molecule has 0 aliphatic rings. The predicted octanol–water partition coefficient (Wildman–Crippen LogP) is 3.46. The SMILES string of the molecule is C[C@@H](OC(=O)CCCNC(=O)OC(C)(C)C)C(=O)Nc1ccccc1OC(F)F. The van der Waals surface area contributed by atoms with Gasteiger partial charge >= 0.3 is 18.7 Å². The topological polar surface area (TPSA) is 103 Å². The van der Waals surface area contributed by atoms with Crippen molar-refractivity contribution in [1.82, 2.24) is 5.32 Å². The number of halogens is 2. The van der Waals surface area contributed by atoms with Gasteiger partial charge in [0.05, 0.1) is 5.69 Å². The Morgan fingerprint density at radius 2 is 1.79 bits per heavy atom. The number of benzene rings is 1. The molecule has 0 aliphatic carbocycles. The van der Waals surface area contributed by atoms with Gasteiger partial charge in [-0.1, -0.05) is 12.1 Å². The van der Waals surface area contributed by atoms with Gasteiger partial charge in [-0.25, -0.2) is 4.79 Å². The van der Waals surface area contributed by atoms with Gasteiger partial charge in [-0.3, -0.25) is 9.59 Å². The van der Waals surface area contributed by atoms with Crippen LogP contribution in [0.1, 0.15) is 40.5 Å². The normalized spacial score (nSPS) is 12.1. The maximum Gasteiger partial charge on any atom is 0.407 e. The second-order valence-corrected chi connectivity index (χ2v) is 7.03. The van der Waals surface area contributed by atoms with Crippen molar-refractivity contribution in [2.45, 2.75) is 58.9 Å². The third-order valence-corrected chi connectivity index (χ3v) is 3.26. The lowest BCUT2D eigenvalue weighted by Crippen LogP contribution is -2.33. The number of hydrogen-bond acceptors (Lipinski definition) is 6. The number of alkyl halides is 2. The molecular weight excluding hydrogens is 390 g/mol. The van der Waals surface area contributed by atoms with E-state index in [-0.39, 0.29) is 30.8 Å². The molecule has 0 heterocycles. The smallest absolute Gasteiger partial charge is 0.407 e. The van der Waals surface area contributed by atoms with E-state index in [9.17, 15) is 23.2 Å². The van der Waals surface area contributed by atoms with Gasteiger partial charge < -0.3 is 24.8 Å². The molecule has 0 bridgehead atoms. The maximum absolute atomic E-state index is 12.4. The van der Waals surface area contributed by atoms with Crippen LogP contribution in [-0.2, 0) is 19.1 Å². The number of carbonyl (C=O) groups excluding carboxylic acids is 3. The molecule has 1 aromatic rings. The van der Waals surface area contributed by atoms with Crippen molar-refractivity contribution in [2.75, 3.05) is 11.9 Å². The number of alkyl carbamates (subject to hydrolysis) is 1. The molecule has 0 spiro atoms. The van der Waals surface area contributed by atoms with E-state index >= 15 is 0 Å². The molecule has 0 saturated heterocycles. The molecule has 29 heavy (non-hydrogen) atoms. The maximum atomic E-state index is 12.4. The van der Waals surface area contributed by atoms with Crippen LogP contribution in [0.5, 0.6) is 5.75 Å². The number of ether oxygens (including phenoxy) is 3. The van der Waals surface area contributed by atoms with Crippen LogP contribution in [0.15, 0.2) is 24.3 Å². The number of hydrogen-bond donors (Lipinski definition) is 2. The molecule has 0 aliphatic heterocycles. The van der Waals surface area contributed by atoms with Gasteiger partial charge in [0.1, 0.15) is 11.4 Å². The Kier molecular flexibility index (Phi) is 9.30. The van der Waals surface area contributed by atoms with Crippen molar-refractivity contribution >= 4 is 23.7 Å². The van der Waals surface area contributed by atoms with Gasteiger partial charge in [-0.15, -0.1) is 0 Å². The highest BCUT2D eigenvalue weighted by molar-refractivity contribution is 5.96. The van der Waals surface area contributed by atoms with E-state index in [2.05, 4.69) is 15.4 Å². The van der Waals surface area contributed by atoms with Crippen LogP contribution in [-0.4, -0.2) is 42.8 Å². The summed E-state index contributed by atoms with van der Waals surface area (Å²) < 4.78 is 39.2. The van der Waals surface area contributed by atoms with Gasteiger partial charge in [0, 0.05) is 13.0 Å². The van der Waals surface area contributed by atoms with Crippen molar-refractivity contribution in [2.24, 2.45) is 0 Å². The molecule has 0 saturated carbocycles. The molecule has 2 amide bonds. The zero-order valence-electron chi connectivity index (χ0n) is 16.8. The fourth-order valence-electron chi connectivity index (χ4n) is 2.05. The Morgan fingerprint density at radius 1 is 1.14 bits per heavy atom. The average molecular weight is 416 g/mol. The first-order valence-corrected chi connectivity index (χ1v) is 8.99. The highest BCUT2D eigenvalue weighted by Crippen LogP contribution is 2.25. The molecule has 10 heteroatoms. The van der Waals surface area contributed by atoms with Crippen LogP contribution in [0.2, 0.25) is 0 Å². The summed E-state index contributed by atoms with van der Waals surface area (Å²) in [6, 6.07) is 5.66. The summed E-state index contributed by atoms with van der Waals surface area (Å²) in [6.07, 6.45) is -1.49. The van der Waals surface area contributed by atoms with Crippen molar-refractivity contribution in [3.8, 4) is 5.75 Å². The van der Waals surface area contributed by atoms with Gasteiger partial charge in [0.2, 0.25) is 0 Å². The fourth-order valence-corrected chi connectivity index (χ4v) is 2.05. The first-order valence-electron chi connectivity index (χ1n) is 8.99. The van der Waals surface area contributed by atoms with Gasteiger partial charge in [0.25, 0.3) is 5.91 Å². The molecule has 1 rings (SSSR count). The second-order valence-electron chi connectivity index (χ2n) is 7.03. The first-order chi connectivity index (χ1) is 13.5. The second kappa shape index (κ2) is 11.2. The van der Waals surface area contributed by atoms with Gasteiger partial charge in [-0.2, -0.15) is 8.78 Å². The Morgan fingerprint density at radius 3 is 2.41 bits per heavy atom. The minimum absolute atomic E-state index is 0.0293. The van der Waals surface area contributed by atoms with Crippen LogP contribution in [0.3, 0.4) is 0 Å². The summed E-state index contributed by atoms with van der Waals surface area (Å²) in [4.78, 5) is 35.4. The number of para-hydroxylation sites is 2. The number of amides is 2. The average Bonchev–Trinajstić information content (AvgIpc) is 2.58. The molecule has 8 nitrogen and oxygen atoms in total. The largest absolute Gasteiger partial charge is 0.453 e. The Labute approximate surface area is 167 Å². The minimum atomic E-state index is -3.04. The number of nitrogens with one attached hydrogen (secondary N) is 2. The van der Waals surface area contributed by atoms with E-state index in [4.69, 9.17) is 9.47 Å². The summed E-state index contributed by atoms with van der Waals surface area (Å²) in [5.74, 6) is -1.55. The fraction of sp³-hybridized carbons (Fsp3) is 0.526. The predicted molar refractivity (Wildman–Crippen MR) is 101 cm³/mol. The number of rotatable bonds is 9. The van der Waals surface area contributed by atoms with Crippen LogP contribution >= 0.6 is 0 Å². The Bertz CT molecular complexity index is 706. The summed E-state index contributed by atoms with van der Waals surface area (Å²) in [5.41, 5.74) is -0.590. The first kappa shape index (κ1) is 24.1. The van der Waals surface area contributed by atoms with E-state index in [1.165, 1.54) is 31.2 Å². The lowest BCUT2D eigenvalue weighted by Gasteiger charge is -2.19. The van der Waals surface area contributed by atoms with E-state index in [1.54, 1.807) is 20.8 Å². The summed E-state index contributed by atoms with van der Waals surface area (Å²) in [5, 5.41) is 4.88. The van der Waals surface area contributed by atoms with Crippen LogP contribution in [0.4, 0.5) is 19.3 Å². The highest BCUT2D eigenvalue weighted by Gasteiger charge is 2.20. The Hall–Kier alpha value is -2.91. The monoisotopic (exact) mass is 416 g/mol. The van der Waals surface area contributed by atoms with Crippen molar-refractivity contribution in [3.63, 3.8) is 0 Å². The van der Waals surface area contributed by atoms with Crippen molar-refractivity contribution < 1.29 is 37.4 Å². The molecule has 0 radical (unpaired) electrons. The van der Waals surface area contributed by atoms with E-state index in [0.717, 1.165) is 0 Å². The number of anilines is 1. The van der Waals surface area contributed by atoms with E-state index < -0.39 is 36.3 Å². The molecule has 162 valence electrons. The van der Waals surface area contributed by atoms with Crippen LogP contribution in [0, 0.1) is 0 Å². The Balaban J connectivity index is 2.40. The molecule has 1 aromatic carbocycles. The minimum Gasteiger partial charge on any atom is -0.453 e. The zero-order valence-corrected chi connectivity index (χ0v) is 16.8. The van der Waals surface area contributed by atoms with Crippen LogP contribution in [0.25, 0.3) is 0 Å². The third-order valence-electron chi connectivity index (χ3n) is 3.26. The highest BCUT2D eigenvalue weighted by atomic mass is 19.3. The molecule has 0 unspecified atom stereocenters. The quantitative estimate of drug-likeness (QED) is 0.472. The van der Waals surface area contributed by atoms with Crippen LogP contribution < -0.4 is 15.4 Å². The zero-order chi connectivity index (χ0) is 22.0. The molecule has 0 aromatic heterocycles. The number of carbonyl (C=O) groups is 3. The van der Waals surface area contributed by atoms with E-state index in [0.29, 0.717) is 0 Å². The summed E-state index contributed by atoms with van der Waals surface area (Å²) in [6.45, 7) is 3.70. The molecule has 0 fully saturated rings. The van der Waals surface area contributed by atoms with Gasteiger partial charge in [-0.05, 0) is 46.2 Å². The van der Waals surface area contributed by atoms with Crippen molar-refractivity contribution in [3.05, 3.63) is 24.3 Å². The lowest BCUT2D eigenvalue weighted by molar-refractivity contribution is -0.153. The third kappa shape index (κ3) is 10.3. The van der Waals surface area contributed by atoms with Gasteiger partial charge in [0.15, 0.2) is 6.10 Å².